The lowest BCUT2D eigenvalue weighted by molar-refractivity contribution is 0.511. The third-order valence-electron chi connectivity index (χ3n) is 2.63. The molecule has 0 radical (unpaired) electrons. The molecule has 0 aliphatic rings. The van der Waals surface area contributed by atoms with Crippen LogP contribution in [0.25, 0.3) is 11.3 Å². The van der Waals surface area contributed by atoms with E-state index in [9.17, 15) is 8.78 Å². The number of rotatable bonds is 3. The van der Waals surface area contributed by atoms with Gasteiger partial charge in [0.2, 0.25) is 0 Å². The van der Waals surface area contributed by atoms with Gasteiger partial charge in [-0.3, -0.25) is 0 Å². The topological polar surface area (TPSA) is 54.7 Å². The predicted octanol–water partition coefficient (Wildman–Crippen LogP) is 2.76. The first-order chi connectivity index (χ1) is 8.13. The fraction of sp³-hybridized carbons (Fsp3) is 0.250. The number of nitrogens with one attached hydrogen (secondary N) is 1. The molecule has 0 aliphatic heterocycles. The molecule has 0 saturated carbocycles. The van der Waals surface area contributed by atoms with Crippen molar-refractivity contribution in [1.82, 2.24) is 9.97 Å². The fourth-order valence-electron chi connectivity index (χ4n) is 1.57. The van der Waals surface area contributed by atoms with Crippen LogP contribution in [0.15, 0.2) is 24.4 Å². The Labute approximate surface area is 97.7 Å². The Balaban J connectivity index is 2.40. The highest BCUT2D eigenvalue weighted by Crippen LogP contribution is 2.23. The van der Waals surface area contributed by atoms with Gasteiger partial charge in [-0.05, 0) is 18.6 Å². The maximum atomic E-state index is 13.5. The molecule has 3 nitrogen and oxygen atoms in total. The standard InChI is InChI=1S/C12H13F2N3/c1-2-9(15)12-16-6-10(17-12)7-4-3-5-8(13)11(7)14/h3-6,9H,2,15H2,1H3,(H,16,17). The molecule has 5 heteroatoms. The molecule has 1 aromatic heterocycles. The van der Waals surface area contributed by atoms with Crippen LogP contribution in [0.1, 0.15) is 25.2 Å². The summed E-state index contributed by atoms with van der Waals surface area (Å²) in [6.07, 6.45) is 2.18. The van der Waals surface area contributed by atoms with Crippen LogP contribution < -0.4 is 5.73 Å². The molecular weight excluding hydrogens is 224 g/mol. The van der Waals surface area contributed by atoms with Crippen LogP contribution >= 0.6 is 0 Å². The van der Waals surface area contributed by atoms with Crippen molar-refractivity contribution in [3.8, 4) is 11.3 Å². The van der Waals surface area contributed by atoms with Crippen LogP contribution in [0.3, 0.4) is 0 Å². The van der Waals surface area contributed by atoms with Gasteiger partial charge in [0.15, 0.2) is 11.6 Å². The quantitative estimate of drug-likeness (QED) is 0.862. The highest BCUT2D eigenvalue weighted by atomic mass is 19.2. The van der Waals surface area contributed by atoms with Crippen molar-refractivity contribution in [2.45, 2.75) is 19.4 Å². The smallest absolute Gasteiger partial charge is 0.168 e. The third kappa shape index (κ3) is 2.19. The summed E-state index contributed by atoms with van der Waals surface area (Å²) in [7, 11) is 0. The minimum absolute atomic E-state index is 0.159. The summed E-state index contributed by atoms with van der Waals surface area (Å²) in [6, 6.07) is 3.80. The Hall–Kier alpha value is -1.75. The average Bonchev–Trinajstić information content (AvgIpc) is 2.81. The van der Waals surface area contributed by atoms with Crippen molar-refractivity contribution in [2.75, 3.05) is 0 Å². The van der Waals surface area contributed by atoms with E-state index in [2.05, 4.69) is 9.97 Å². The Morgan fingerprint density at radius 3 is 2.88 bits per heavy atom. The van der Waals surface area contributed by atoms with Gasteiger partial charge in [-0.1, -0.05) is 13.0 Å². The van der Waals surface area contributed by atoms with Gasteiger partial charge in [0.05, 0.1) is 17.9 Å². The lowest BCUT2D eigenvalue weighted by Gasteiger charge is -2.04. The van der Waals surface area contributed by atoms with Crippen molar-refractivity contribution >= 4 is 0 Å². The molecule has 90 valence electrons. The maximum absolute atomic E-state index is 13.5. The van der Waals surface area contributed by atoms with E-state index in [1.807, 2.05) is 6.92 Å². The van der Waals surface area contributed by atoms with Crippen LogP contribution in [0.4, 0.5) is 8.78 Å². The molecule has 2 aromatic rings. The number of imidazole rings is 1. The zero-order chi connectivity index (χ0) is 12.4. The number of hydrogen-bond acceptors (Lipinski definition) is 2. The molecule has 0 fully saturated rings. The van der Waals surface area contributed by atoms with E-state index in [-0.39, 0.29) is 11.6 Å². The first-order valence-electron chi connectivity index (χ1n) is 5.38. The molecule has 1 aromatic carbocycles. The normalized spacial score (nSPS) is 12.7. The molecule has 17 heavy (non-hydrogen) atoms. The number of nitrogens with zero attached hydrogens (tertiary/aromatic N) is 1. The number of benzene rings is 1. The zero-order valence-electron chi connectivity index (χ0n) is 9.37. The van der Waals surface area contributed by atoms with Crippen molar-refractivity contribution in [3.63, 3.8) is 0 Å². The summed E-state index contributed by atoms with van der Waals surface area (Å²) >= 11 is 0. The van der Waals surface area contributed by atoms with Crippen LogP contribution in [0.2, 0.25) is 0 Å². The molecule has 0 amide bonds. The third-order valence-corrected chi connectivity index (χ3v) is 2.63. The second kappa shape index (κ2) is 4.63. The number of aromatic amines is 1. The zero-order valence-corrected chi connectivity index (χ0v) is 9.37. The molecule has 2 rings (SSSR count). The fourth-order valence-corrected chi connectivity index (χ4v) is 1.57. The van der Waals surface area contributed by atoms with E-state index in [0.717, 1.165) is 12.5 Å². The van der Waals surface area contributed by atoms with E-state index < -0.39 is 11.6 Å². The van der Waals surface area contributed by atoms with Gasteiger partial charge in [0.1, 0.15) is 5.82 Å². The van der Waals surface area contributed by atoms with Crippen molar-refractivity contribution in [3.05, 3.63) is 41.9 Å². The van der Waals surface area contributed by atoms with Gasteiger partial charge < -0.3 is 10.7 Å². The second-order valence-corrected chi connectivity index (χ2v) is 3.80. The summed E-state index contributed by atoms with van der Waals surface area (Å²) in [6.45, 7) is 1.93. The molecule has 0 aliphatic carbocycles. The monoisotopic (exact) mass is 237 g/mol. The van der Waals surface area contributed by atoms with Gasteiger partial charge in [0.25, 0.3) is 0 Å². The SMILES string of the molecule is CCC(N)c1ncc(-c2cccc(F)c2F)[nH]1. The number of nitrogens with two attached hydrogens (primary N) is 1. The minimum Gasteiger partial charge on any atom is -0.341 e. The molecule has 1 atom stereocenters. The summed E-state index contributed by atoms with van der Waals surface area (Å²) in [5.74, 6) is -1.18. The molecule has 0 bridgehead atoms. The van der Waals surface area contributed by atoms with E-state index in [0.29, 0.717) is 11.5 Å². The second-order valence-electron chi connectivity index (χ2n) is 3.80. The summed E-state index contributed by atoms with van der Waals surface area (Å²) in [5.41, 5.74) is 6.38. The summed E-state index contributed by atoms with van der Waals surface area (Å²) in [5, 5.41) is 0. The van der Waals surface area contributed by atoms with E-state index in [1.54, 1.807) is 0 Å². The average molecular weight is 237 g/mol. The van der Waals surface area contributed by atoms with E-state index in [1.165, 1.54) is 18.3 Å². The van der Waals surface area contributed by atoms with Crippen molar-refractivity contribution in [2.24, 2.45) is 5.73 Å². The predicted molar refractivity (Wildman–Crippen MR) is 61.2 cm³/mol. The Bertz CT molecular complexity index is 522. The first kappa shape index (κ1) is 11.7. The number of aromatic nitrogens is 2. The van der Waals surface area contributed by atoms with Crippen LogP contribution in [-0.2, 0) is 0 Å². The summed E-state index contributed by atoms with van der Waals surface area (Å²) in [4.78, 5) is 6.97. The van der Waals surface area contributed by atoms with Gasteiger partial charge >= 0.3 is 0 Å². The number of H-pyrrole nitrogens is 1. The molecular formula is C12H13F2N3. The van der Waals surface area contributed by atoms with E-state index in [4.69, 9.17) is 5.73 Å². The van der Waals surface area contributed by atoms with Crippen LogP contribution in [0, 0.1) is 11.6 Å². The molecule has 1 unspecified atom stereocenters. The van der Waals surface area contributed by atoms with E-state index >= 15 is 0 Å². The van der Waals surface area contributed by atoms with Crippen molar-refractivity contribution < 1.29 is 8.78 Å². The van der Waals surface area contributed by atoms with Crippen molar-refractivity contribution in [1.29, 1.82) is 0 Å². The lowest BCUT2D eigenvalue weighted by Crippen LogP contribution is -2.10. The van der Waals surface area contributed by atoms with Gasteiger partial charge in [-0.15, -0.1) is 0 Å². The Kier molecular flexibility index (Phi) is 3.19. The highest BCUT2D eigenvalue weighted by molar-refractivity contribution is 5.59. The number of hydrogen-bond donors (Lipinski definition) is 2. The first-order valence-corrected chi connectivity index (χ1v) is 5.38. The summed E-state index contributed by atoms with van der Waals surface area (Å²) < 4.78 is 26.6. The molecule has 0 spiro atoms. The van der Waals surface area contributed by atoms with Gasteiger partial charge in [-0.25, -0.2) is 13.8 Å². The van der Waals surface area contributed by atoms with Gasteiger partial charge in [0, 0.05) is 5.56 Å². The lowest BCUT2D eigenvalue weighted by atomic mass is 10.1. The maximum Gasteiger partial charge on any atom is 0.168 e. The van der Waals surface area contributed by atoms with Crippen LogP contribution in [-0.4, -0.2) is 9.97 Å². The Morgan fingerprint density at radius 1 is 1.41 bits per heavy atom. The largest absolute Gasteiger partial charge is 0.341 e. The highest BCUT2D eigenvalue weighted by Gasteiger charge is 2.13. The minimum atomic E-state index is -0.882. The number of halogens is 2. The molecule has 0 saturated heterocycles. The Morgan fingerprint density at radius 2 is 2.18 bits per heavy atom. The van der Waals surface area contributed by atoms with Crippen LogP contribution in [0.5, 0.6) is 0 Å². The van der Waals surface area contributed by atoms with Gasteiger partial charge in [-0.2, -0.15) is 0 Å². The molecule has 1 heterocycles. The molecule has 3 N–H and O–H groups in total.